The summed E-state index contributed by atoms with van der Waals surface area (Å²) in [5.41, 5.74) is 0. The van der Waals surface area contributed by atoms with E-state index in [1.54, 1.807) is 12.1 Å². The molecule has 1 atom stereocenters. The molecule has 1 N–H and O–H groups in total. The van der Waals surface area contributed by atoms with Gasteiger partial charge < -0.3 is 15.0 Å². The maximum Gasteiger partial charge on any atom is 0.226 e. The summed E-state index contributed by atoms with van der Waals surface area (Å²) in [7, 11) is 1.93. The molecular weight excluding hydrogens is 351 g/mol. The molecule has 1 heterocycles. The van der Waals surface area contributed by atoms with Crippen LogP contribution in [0.25, 0.3) is 0 Å². The number of piperidine rings is 1. The van der Waals surface area contributed by atoms with E-state index in [0.29, 0.717) is 10.4 Å². The minimum atomic E-state index is -0.422. The average molecular weight is 373 g/mol. The summed E-state index contributed by atoms with van der Waals surface area (Å²) in [5, 5.41) is 3.16. The Hall–Kier alpha value is -1.14. The molecule has 6 heteroatoms. The van der Waals surface area contributed by atoms with Gasteiger partial charge in [-0.25, -0.2) is 4.39 Å². The van der Waals surface area contributed by atoms with E-state index >= 15 is 0 Å². The minimum Gasteiger partial charge on any atom is -0.490 e. The zero-order valence-electron chi connectivity index (χ0n) is 12.8. The standard InChI is InChI=1S/C16H22BrFN2O2/c1-19-10-12-3-2-7-20(11-12)16(21)6-8-22-15-5-4-13(17)9-14(15)18/h4-5,9,12,19H,2-3,6-8,10-11H2,1H3/t12-/m1/s1. The maximum absolute atomic E-state index is 13.6. The fraction of sp³-hybridized carbons (Fsp3) is 0.562. The van der Waals surface area contributed by atoms with Crippen LogP contribution in [0.5, 0.6) is 5.75 Å². The van der Waals surface area contributed by atoms with Crippen LogP contribution in [0, 0.1) is 11.7 Å². The van der Waals surface area contributed by atoms with E-state index in [-0.39, 0.29) is 24.7 Å². The lowest BCUT2D eigenvalue weighted by Crippen LogP contribution is -2.42. The molecule has 0 bridgehead atoms. The molecule has 1 saturated heterocycles. The number of amides is 1. The van der Waals surface area contributed by atoms with Gasteiger partial charge in [0.05, 0.1) is 13.0 Å². The second-order valence-corrected chi connectivity index (χ2v) is 6.49. The van der Waals surface area contributed by atoms with Crippen molar-refractivity contribution in [3.8, 4) is 5.75 Å². The van der Waals surface area contributed by atoms with Crippen LogP contribution in [-0.4, -0.2) is 44.1 Å². The van der Waals surface area contributed by atoms with Gasteiger partial charge in [-0.1, -0.05) is 15.9 Å². The zero-order valence-corrected chi connectivity index (χ0v) is 14.4. The highest BCUT2D eigenvalue weighted by Crippen LogP contribution is 2.22. The van der Waals surface area contributed by atoms with Gasteiger partial charge in [0.15, 0.2) is 11.6 Å². The molecule has 0 aromatic heterocycles. The smallest absolute Gasteiger partial charge is 0.226 e. The second-order valence-electron chi connectivity index (χ2n) is 5.58. The van der Waals surface area contributed by atoms with Gasteiger partial charge in [-0.2, -0.15) is 0 Å². The number of hydrogen-bond donors (Lipinski definition) is 1. The third-order valence-electron chi connectivity index (χ3n) is 3.83. The van der Waals surface area contributed by atoms with Gasteiger partial charge in [-0.15, -0.1) is 0 Å². The monoisotopic (exact) mass is 372 g/mol. The summed E-state index contributed by atoms with van der Waals surface area (Å²) in [4.78, 5) is 14.1. The Morgan fingerprint density at radius 2 is 2.36 bits per heavy atom. The van der Waals surface area contributed by atoms with E-state index in [9.17, 15) is 9.18 Å². The van der Waals surface area contributed by atoms with Gasteiger partial charge in [0.2, 0.25) is 5.91 Å². The lowest BCUT2D eigenvalue weighted by atomic mass is 9.98. The molecule has 1 aliphatic rings. The summed E-state index contributed by atoms with van der Waals surface area (Å²) in [5.74, 6) is 0.363. The van der Waals surface area contributed by atoms with Crippen LogP contribution >= 0.6 is 15.9 Å². The first-order chi connectivity index (χ1) is 10.6. The van der Waals surface area contributed by atoms with Crippen molar-refractivity contribution in [2.45, 2.75) is 19.3 Å². The molecule has 0 unspecified atom stereocenters. The van der Waals surface area contributed by atoms with E-state index in [4.69, 9.17) is 4.74 Å². The molecule has 0 radical (unpaired) electrons. The molecular formula is C16H22BrFN2O2. The number of nitrogens with zero attached hydrogens (tertiary/aromatic N) is 1. The molecule has 1 aromatic rings. The summed E-state index contributed by atoms with van der Waals surface area (Å²) >= 11 is 3.20. The fourth-order valence-electron chi connectivity index (χ4n) is 2.75. The maximum atomic E-state index is 13.6. The fourth-order valence-corrected chi connectivity index (χ4v) is 3.08. The topological polar surface area (TPSA) is 41.6 Å². The summed E-state index contributed by atoms with van der Waals surface area (Å²) in [6.07, 6.45) is 2.48. The number of likely N-dealkylation sites (tertiary alicyclic amines) is 1. The SMILES string of the molecule is CNC[C@H]1CCCN(C(=O)CCOc2ccc(Br)cc2F)C1. The van der Waals surface area contributed by atoms with E-state index in [1.165, 1.54) is 6.07 Å². The van der Waals surface area contributed by atoms with Crippen molar-refractivity contribution in [2.24, 2.45) is 5.92 Å². The third kappa shape index (κ3) is 4.95. The first-order valence-electron chi connectivity index (χ1n) is 7.60. The highest BCUT2D eigenvalue weighted by atomic mass is 79.9. The first kappa shape index (κ1) is 17.2. The van der Waals surface area contributed by atoms with Gasteiger partial charge in [0, 0.05) is 17.6 Å². The zero-order chi connectivity index (χ0) is 15.9. The van der Waals surface area contributed by atoms with Crippen molar-refractivity contribution in [1.29, 1.82) is 0 Å². The number of rotatable bonds is 6. The largest absolute Gasteiger partial charge is 0.490 e. The quantitative estimate of drug-likeness (QED) is 0.834. The summed E-state index contributed by atoms with van der Waals surface area (Å²) in [6.45, 7) is 2.74. The lowest BCUT2D eigenvalue weighted by Gasteiger charge is -2.32. The van der Waals surface area contributed by atoms with Gasteiger partial charge in [0.25, 0.3) is 0 Å². The van der Waals surface area contributed by atoms with Crippen LogP contribution in [0.1, 0.15) is 19.3 Å². The van der Waals surface area contributed by atoms with Crippen LogP contribution < -0.4 is 10.1 Å². The van der Waals surface area contributed by atoms with Crippen LogP contribution in [-0.2, 0) is 4.79 Å². The van der Waals surface area contributed by atoms with Crippen molar-refractivity contribution in [3.63, 3.8) is 0 Å². The van der Waals surface area contributed by atoms with Gasteiger partial charge in [0.1, 0.15) is 0 Å². The molecule has 1 fully saturated rings. The van der Waals surface area contributed by atoms with E-state index in [2.05, 4.69) is 21.2 Å². The molecule has 2 rings (SSSR count). The number of nitrogens with one attached hydrogen (secondary N) is 1. The number of halogens is 2. The van der Waals surface area contributed by atoms with Crippen molar-refractivity contribution >= 4 is 21.8 Å². The molecule has 22 heavy (non-hydrogen) atoms. The molecule has 1 aliphatic heterocycles. The molecule has 1 amide bonds. The van der Waals surface area contributed by atoms with Crippen LogP contribution in [0.4, 0.5) is 4.39 Å². The number of carbonyl (C=O) groups is 1. The van der Waals surface area contributed by atoms with Crippen molar-refractivity contribution < 1.29 is 13.9 Å². The van der Waals surface area contributed by atoms with Crippen LogP contribution in [0.2, 0.25) is 0 Å². The Morgan fingerprint density at radius 1 is 1.55 bits per heavy atom. The Kier molecular flexibility index (Phi) is 6.64. The van der Waals surface area contributed by atoms with Crippen LogP contribution in [0.15, 0.2) is 22.7 Å². The first-order valence-corrected chi connectivity index (χ1v) is 8.39. The van der Waals surface area contributed by atoms with Crippen molar-refractivity contribution in [3.05, 3.63) is 28.5 Å². The van der Waals surface area contributed by atoms with Crippen molar-refractivity contribution in [1.82, 2.24) is 10.2 Å². The number of carbonyl (C=O) groups excluding carboxylic acids is 1. The predicted octanol–water partition coefficient (Wildman–Crippen LogP) is 2.82. The van der Waals surface area contributed by atoms with Crippen LogP contribution in [0.3, 0.4) is 0 Å². The van der Waals surface area contributed by atoms with E-state index < -0.39 is 5.82 Å². The average Bonchev–Trinajstić information content (AvgIpc) is 2.50. The highest BCUT2D eigenvalue weighted by Gasteiger charge is 2.22. The van der Waals surface area contributed by atoms with Gasteiger partial charge in [-0.3, -0.25) is 4.79 Å². The van der Waals surface area contributed by atoms with E-state index in [0.717, 1.165) is 32.5 Å². The lowest BCUT2D eigenvalue weighted by molar-refractivity contribution is -0.133. The third-order valence-corrected chi connectivity index (χ3v) is 4.33. The Balaban J connectivity index is 1.77. The second kappa shape index (κ2) is 8.48. The number of ether oxygens (including phenoxy) is 1. The molecule has 1 aromatic carbocycles. The molecule has 122 valence electrons. The number of benzene rings is 1. The van der Waals surface area contributed by atoms with E-state index in [1.807, 2.05) is 11.9 Å². The van der Waals surface area contributed by atoms with Gasteiger partial charge >= 0.3 is 0 Å². The molecule has 0 aliphatic carbocycles. The highest BCUT2D eigenvalue weighted by molar-refractivity contribution is 9.10. The predicted molar refractivity (Wildman–Crippen MR) is 87.4 cm³/mol. The number of hydrogen-bond acceptors (Lipinski definition) is 3. The minimum absolute atomic E-state index is 0.0818. The normalized spacial score (nSPS) is 18.3. The molecule has 0 saturated carbocycles. The van der Waals surface area contributed by atoms with Crippen molar-refractivity contribution in [2.75, 3.05) is 33.3 Å². The molecule has 0 spiro atoms. The molecule has 4 nitrogen and oxygen atoms in total. The summed E-state index contributed by atoms with van der Waals surface area (Å²) < 4.78 is 19.6. The Labute approximate surface area is 139 Å². The Bertz CT molecular complexity index is 511. The van der Waals surface area contributed by atoms with Gasteiger partial charge in [-0.05, 0) is 50.6 Å². The summed E-state index contributed by atoms with van der Waals surface area (Å²) in [6, 6.07) is 4.63. The Morgan fingerprint density at radius 3 is 3.09 bits per heavy atom.